The number of aryl methyl sites for hydroxylation is 2. The first-order valence-electron chi connectivity index (χ1n) is 9.38. The Hall–Kier alpha value is -2.62. The molecule has 3 rings (SSSR count). The fourth-order valence-electron chi connectivity index (χ4n) is 3.53. The number of anilines is 1. The molecule has 7 nitrogen and oxygen atoms in total. The summed E-state index contributed by atoms with van der Waals surface area (Å²) in [5, 5.41) is 6.41. The molecule has 1 aliphatic heterocycles. The van der Waals surface area contributed by atoms with Gasteiger partial charge in [-0.15, -0.1) is 5.10 Å². The number of hydrogen-bond donors (Lipinski definition) is 1. The maximum Gasteiger partial charge on any atom is 0.451 e. The SMILES string of the molecule is Cc1ccc(C)c(NC(=O)CN2CCC(n3nc(C(F)(F)F)n(C)c3=O)CC2)c1. The van der Waals surface area contributed by atoms with Gasteiger partial charge < -0.3 is 5.32 Å². The number of likely N-dealkylation sites (tertiary alicyclic amines) is 1. The Morgan fingerprint density at radius 3 is 2.48 bits per heavy atom. The van der Waals surface area contributed by atoms with Crippen LogP contribution in [0.5, 0.6) is 0 Å². The van der Waals surface area contributed by atoms with Crippen LogP contribution in [0.4, 0.5) is 18.9 Å². The average Bonchev–Trinajstić information content (AvgIpc) is 2.94. The van der Waals surface area contributed by atoms with E-state index in [1.165, 1.54) is 0 Å². The largest absolute Gasteiger partial charge is 0.451 e. The summed E-state index contributed by atoms with van der Waals surface area (Å²) in [6.07, 6.45) is -3.78. The van der Waals surface area contributed by atoms with E-state index < -0.39 is 23.7 Å². The van der Waals surface area contributed by atoms with Crippen LogP contribution in [0.3, 0.4) is 0 Å². The van der Waals surface area contributed by atoms with Gasteiger partial charge in [0.1, 0.15) is 0 Å². The Balaban J connectivity index is 1.59. The number of benzene rings is 1. The molecule has 0 atom stereocenters. The number of hydrogen-bond acceptors (Lipinski definition) is 4. The summed E-state index contributed by atoms with van der Waals surface area (Å²) in [6.45, 7) is 5.04. The standard InChI is InChI=1S/C19H24F3N5O2/c1-12-4-5-13(2)15(10-12)23-16(28)11-26-8-6-14(7-9-26)27-18(29)25(3)17(24-27)19(20,21)22/h4-5,10,14H,6-9,11H2,1-3H3,(H,23,28). The number of nitrogens with one attached hydrogen (secondary N) is 1. The van der Waals surface area contributed by atoms with Gasteiger partial charge in [0.2, 0.25) is 11.7 Å². The maximum atomic E-state index is 13.0. The van der Waals surface area contributed by atoms with Gasteiger partial charge in [-0.25, -0.2) is 9.48 Å². The lowest BCUT2D eigenvalue weighted by Crippen LogP contribution is -2.41. The first kappa shape index (κ1) is 21.1. The molecule has 29 heavy (non-hydrogen) atoms. The van der Waals surface area contributed by atoms with E-state index in [4.69, 9.17) is 0 Å². The van der Waals surface area contributed by atoms with Crippen molar-refractivity contribution in [2.24, 2.45) is 7.05 Å². The van der Waals surface area contributed by atoms with Crippen LogP contribution in [-0.2, 0) is 18.0 Å². The molecule has 1 saturated heterocycles. The van der Waals surface area contributed by atoms with Crippen LogP contribution in [0.15, 0.2) is 23.0 Å². The lowest BCUT2D eigenvalue weighted by Gasteiger charge is -2.31. The third-order valence-electron chi connectivity index (χ3n) is 5.19. The fraction of sp³-hybridized carbons (Fsp3) is 0.526. The van der Waals surface area contributed by atoms with Crippen molar-refractivity contribution in [1.29, 1.82) is 0 Å². The molecule has 10 heteroatoms. The molecular weight excluding hydrogens is 387 g/mol. The zero-order chi connectivity index (χ0) is 21.3. The number of carbonyl (C=O) groups is 1. The number of rotatable bonds is 4. The van der Waals surface area contributed by atoms with E-state index in [0.29, 0.717) is 30.5 Å². The van der Waals surface area contributed by atoms with E-state index in [2.05, 4.69) is 10.4 Å². The zero-order valence-electron chi connectivity index (χ0n) is 16.6. The van der Waals surface area contributed by atoms with Crippen molar-refractivity contribution in [3.05, 3.63) is 45.6 Å². The van der Waals surface area contributed by atoms with Crippen LogP contribution >= 0.6 is 0 Å². The third-order valence-corrected chi connectivity index (χ3v) is 5.19. The number of nitrogens with zero attached hydrogens (tertiary/aromatic N) is 4. The molecule has 1 amide bonds. The molecule has 0 radical (unpaired) electrons. The molecule has 0 bridgehead atoms. The smallest absolute Gasteiger partial charge is 0.325 e. The highest BCUT2D eigenvalue weighted by Gasteiger charge is 2.39. The molecule has 1 fully saturated rings. The van der Waals surface area contributed by atoms with Crippen molar-refractivity contribution >= 4 is 11.6 Å². The van der Waals surface area contributed by atoms with E-state index in [9.17, 15) is 22.8 Å². The molecule has 0 unspecified atom stereocenters. The van der Waals surface area contributed by atoms with Gasteiger partial charge >= 0.3 is 11.9 Å². The van der Waals surface area contributed by atoms with Crippen LogP contribution < -0.4 is 11.0 Å². The monoisotopic (exact) mass is 411 g/mol. The van der Waals surface area contributed by atoms with Crippen molar-refractivity contribution in [3.63, 3.8) is 0 Å². The molecule has 0 saturated carbocycles. The summed E-state index contributed by atoms with van der Waals surface area (Å²) in [7, 11) is 1.07. The van der Waals surface area contributed by atoms with Gasteiger partial charge in [0, 0.05) is 25.8 Å². The van der Waals surface area contributed by atoms with Crippen molar-refractivity contribution in [2.75, 3.05) is 25.0 Å². The fourth-order valence-corrected chi connectivity index (χ4v) is 3.53. The maximum absolute atomic E-state index is 13.0. The van der Waals surface area contributed by atoms with Crippen molar-refractivity contribution in [2.45, 2.75) is 38.9 Å². The Morgan fingerprint density at radius 1 is 1.24 bits per heavy atom. The third kappa shape index (κ3) is 4.69. The highest BCUT2D eigenvalue weighted by atomic mass is 19.4. The number of piperidine rings is 1. The molecule has 158 valence electrons. The van der Waals surface area contributed by atoms with E-state index in [1.807, 2.05) is 36.9 Å². The quantitative estimate of drug-likeness (QED) is 0.839. The van der Waals surface area contributed by atoms with Crippen LogP contribution in [0.25, 0.3) is 0 Å². The van der Waals surface area contributed by atoms with Gasteiger partial charge in [-0.1, -0.05) is 12.1 Å². The van der Waals surface area contributed by atoms with Crippen LogP contribution in [-0.4, -0.2) is 44.8 Å². The number of aromatic nitrogens is 3. The van der Waals surface area contributed by atoms with Crippen molar-refractivity contribution < 1.29 is 18.0 Å². The Kier molecular flexibility index (Phi) is 5.83. The van der Waals surface area contributed by atoms with Gasteiger partial charge in [-0.2, -0.15) is 13.2 Å². The van der Waals surface area contributed by atoms with Crippen LogP contribution in [0.2, 0.25) is 0 Å². The predicted octanol–water partition coefficient (Wildman–Crippen LogP) is 2.49. The summed E-state index contributed by atoms with van der Waals surface area (Å²) in [5.41, 5.74) is 2.01. The summed E-state index contributed by atoms with van der Waals surface area (Å²) < 4.78 is 40.3. The Labute approximate surface area is 166 Å². The average molecular weight is 411 g/mol. The zero-order valence-corrected chi connectivity index (χ0v) is 16.6. The van der Waals surface area contributed by atoms with E-state index in [1.54, 1.807) is 0 Å². The van der Waals surface area contributed by atoms with Gasteiger partial charge in [-0.3, -0.25) is 14.3 Å². The molecule has 1 aromatic heterocycles. The molecule has 0 aliphatic carbocycles. The van der Waals surface area contributed by atoms with Gasteiger partial charge in [0.15, 0.2) is 0 Å². The highest BCUT2D eigenvalue weighted by Crippen LogP contribution is 2.28. The van der Waals surface area contributed by atoms with Gasteiger partial charge in [0.25, 0.3) is 0 Å². The first-order valence-corrected chi connectivity index (χ1v) is 9.38. The molecule has 1 aromatic carbocycles. The second-order valence-corrected chi connectivity index (χ2v) is 7.48. The number of amides is 1. The van der Waals surface area contributed by atoms with Crippen LogP contribution in [0.1, 0.15) is 35.8 Å². The Bertz CT molecular complexity index is 956. The number of carbonyl (C=O) groups excluding carboxylic acids is 1. The predicted molar refractivity (Wildman–Crippen MR) is 102 cm³/mol. The van der Waals surface area contributed by atoms with E-state index in [-0.39, 0.29) is 12.5 Å². The minimum atomic E-state index is -4.67. The summed E-state index contributed by atoms with van der Waals surface area (Å²) >= 11 is 0. The summed E-state index contributed by atoms with van der Waals surface area (Å²) in [6, 6.07) is 5.41. The number of alkyl halides is 3. The molecule has 0 spiro atoms. The summed E-state index contributed by atoms with van der Waals surface area (Å²) in [5.74, 6) is -1.34. The lowest BCUT2D eigenvalue weighted by atomic mass is 10.1. The Morgan fingerprint density at radius 2 is 1.90 bits per heavy atom. The van der Waals surface area contributed by atoms with E-state index in [0.717, 1.165) is 28.5 Å². The van der Waals surface area contributed by atoms with E-state index >= 15 is 0 Å². The van der Waals surface area contributed by atoms with Crippen molar-refractivity contribution in [1.82, 2.24) is 19.2 Å². The van der Waals surface area contributed by atoms with Gasteiger partial charge in [-0.05, 0) is 43.9 Å². The molecule has 2 aromatic rings. The lowest BCUT2D eigenvalue weighted by molar-refractivity contribution is -0.147. The van der Waals surface area contributed by atoms with Crippen LogP contribution in [0, 0.1) is 13.8 Å². The van der Waals surface area contributed by atoms with Gasteiger partial charge in [0.05, 0.1) is 12.6 Å². The molecular formula is C19H24F3N5O2. The summed E-state index contributed by atoms with van der Waals surface area (Å²) in [4.78, 5) is 26.4. The molecule has 2 heterocycles. The minimum absolute atomic E-state index is 0.147. The number of halogens is 3. The molecule has 1 aliphatic rings. The highest BCUT2D eigenvalue weighted by molar-refractivity contribution is 5.93. The molecule has 1 N–H and O–H groups in total. The van der Waals surface area contributed by atoms with Crippen molar-refractivity contribution in [3.8, 4) is 0 Å². The minimum Gasteiger partial charge on any atom is -0.325 e. The first-order chi connectivity index (χ1) is 13.6. The second kappa shape index (κ2) is 8.02. The second-order valence-electron chi connectivity index (χ2n) is 7.48. The normalized spacial score (nSPS) is 16.2. The topological polar surface area (TPSA) is 72.2 Å².